The Bertz CT molecular complexity index is 431. The zero-order valence-corrected chi connectivity index (χ0v) is 11.6. The first kappa shape index (κ1) is 13.7. The molecule has 1 N–H and O–H groups in total. The van der Waals surface area contributed by atoms with Crippen molar-refractivity contribution in [2.45, 2.75) is 12.8 Å². The molecule has 0 spiro atoms. The Morgan fingerprint density at radius 1 is 1.28 bits per heavy atom. The highest BCUT2D eigenvalue weighted by molar-refractivity contribution is 6.33. The molecule has 1 aliphatic rings. The summed E-state index contributed by atoms with van der Waals surface area (Å²) in [6, 6.07) is 5.36. The van der Waals surface area contributed by atoms with E-state index in [0.29, 0.717) is 22.9 Å². The number of rotatable bonds is 3. The Labute approximate surface area is 117 Å². The second-order valence-corrected chi connectivity index (χ2v) is 5.21. The van der Waals surface area contributed by atoms with Gasteiger partial charge in [0.25, 0.3) is 0 Å². The quantitative estimate of drug-likeness (QED) is 0.925. The van der Waals surface area contributed by atoms with Crippen molar-refractivity contribution in [2.24, 2.45) is 0 Å². The molecule has 1 aromatic rings. The van der Waals surface area contributed by atoms with Crippen molar-refractivity contribution in [1.29, 1.82) is 0 Å². The SMILES string of the molecule is O=C(CCc1cc(Cl)ccc1Cl)N1CCNCC1. The Kier molecular flexibility index (Phi) is 4.87. The zero-order valence-electron chi connectivity index (χ0n) is 10.1. The maximum absolute atomic E-state index is 12.0. The van der Waals surface area contributed by atoms with Crippen LogP contribution in [-0.2, 0) is 11.2 Å². The molecule has 5 heteroatoms. The number of carbonyl (C=O) groups is 1. The maximum atomic E-state index is 12.0. The van der Waals surface area contributed by atoms with Crippen LogP contribution in [0.1, 0.15) is 12.0 Å². The Balaban J connectivity index is 1.90. The molecular weight excluding hydrogens is 271 g/mol. The lowest BCUT2D eigenvalue weighted by Gasteiger charge is -2.27. The van der Waals surface area contributed by atoms with Gasteiger partial charge in [-0.1, -0.05) is 23.2 Å². The van der Waals surface area contributed by atoms with Crippen LogP contribution in [-0.4, -0.2) is 37.0 Å². The molecule has 0 aromatic heterocycles. The van der Waals surface area contributed by atoms with Crippen LogP contribution < -0.4 is 5.32 Å². The van der Waals surface area contributed by atoms with Gasteiger partial charge in [-0.05, 0) is 30.2 Å². The summed E-state index contributed by atoms with van der Waals surface area (Å²) in [5.74, 6) is 0.188. The van der Waals surface area contributed by atoms with E-state index < -0.39 is 0 Å². The number of nitrogens with zero attached hydrogens (tertiary/aromatic N) is 1. The average molecular weight is 287 g/mol. The number of benzene rings is 1. The molecule has 1 saturated heterocycles. The maximum Gasteiger partial charge on any atom is 0.222 e. The molecule has 1 aromatic carbocycles. The van der Waals surface area contributed by atoms with Crippen molar-refractivity contribution in [3.63, 3.8) is 0 Å². The molecular formula is C13H16Cl2N2O. The fraction of sp³-hybridized carbons (Fsp3) is 0.462. The van der Waals surface area contributed by atoms with Gasteiger partial charge in [-0.3, -0.25) is 4.79 Å². The van der Waals surface area contributed by atoms with E-state index in [2.05, 4.69) is 5.32 Å². The third kappa shape index (κ3) is 3.61. The van der Waals surface area contributed by atoms with Crippen LogP contribution in [0.25, 0.3) is 0 Å². The second-order valence-electron chi connectivity index (χ2n) is 4.37. The molecule has 0 radical (unpaired) electrons. The van der Waals surface area contributed by atoms with E-state index in [1.54, 1.807) is 12.1 Å². The lowest BCUT2D eigenvalue weighted by atomic mass is 10.1. The number of carbonyl (C=O) groups excluding carboxylic acids is 1. The van der Waals surface area contributed by atoms with Crippen molar-refractivity contribution in [3.8, 4) is 0 Å². The molecule has 2 rings (SSSR count). The average Bonchev–Trinajstić information content (AvgIpc) is 2.40. The molecule has 18 heavy (non-hydrogen) atoms. The third-order valence-corrected chi connectivity index (χ3v) is 3.69. The summed E-state index contributed by atoms with van der Waals surface area (Å²) < 4.78 is 0. The van der Waals surface area contributed by atoms with E-state index in [1.807, 2.05) is 11.0 Å². The summed E-state index contributed by atoms with van der Waals surface area (Å²) in [4.78, 5) is 13.9. The van der Waals surface area contributed by atoms with E-state index in [0.717, 1.165) is 31.7 Å². The van der Waals surface area contributed by atoms with Crippen molar-refractivity contribution < 1.29 is 4.79 Å². The predicted octanol–water partition coefficient (Wildman–Crippen LogP) is 2.36. The summed E-state index contributed by atoms with van der Waals surface area (Å²) >= 11 is 12.0. The Morgan fingerprint density at radius 3 is 2.72 bits per heavy atom. The fourth-order valence-corrected chi connectivity index (χ4v) is 2.46. The third-order valence-electron chi connectivity index (χ3n) is 3.09. The molecule has 1 amide bonds. The number of hydrogen-bond acceptors (Lipinski definition) is 2. The van der Waals surface area contributed by atoms with E-state index in [4.69, 9.17) is 23.2 Å². The van der Waals surface area contributed by atoms with Crippen LogP contribution in [0, 0.1) is 0 Å². The minimum Gasteiger partial charge on any atom is -0.340 e. The number of aryl methyl sites for hydroxylation is 1. The van der Waals surface area contributed by atoms with Gasteiger partial charge >= 0.3 is 0 Å². The van der Waals surface area contributed by atoms with Crippen LogP contribution in [0.4, 0.5) is 0 Å². The molecule has 1 fully saturated rings. The number of amides is 1. The van der Waals surface area contributed by atoms with Gasteiger partial charge in [-0.2, -0.15) is 0 Å². The molecule has 1 heterocycles. The standard InChI is InChI=1S/C13H16Cl2N2O/c14-11-2-3-12(15)10(9-11)1-4-13(18)17-7-5-16-6-8-17/h2-3,9,16H,1,4-8H2. The van der Waals surface area contributed by atoms with Crippen molar-refractivity contribution >= 4 is 29.1 Å². The van der Waals surface area contributed by atoms with Gasteiger partial charge in [-0.25, -0.2) is 0 Å². The second kappa shape index (κ2) is 6.41. The van der Waals surface area contributed by atoms with Gasteiger partial charge in [0.1, 0.15) is 0 Å². The highest BCUT2D eigenvalue weighted by Gasteiger charge is 2.16. The first-order valence-corrected chi connectivity index (χ1v) is 6.85. The summed E-state index contributed by atoms with van der Waals surface area (Å²) in [6.07, 6.45) is 1.13. The molecule has 98 valence electrons. The summed E-state index contributed by atoms with van der Waals surface area (Å²) in [7, 11) is 0. The van der Waals surface area contributed by atoms with Crippen LogP contribution in [0.3, 0.4) is 0 Å². The van der Waals surface area contributed by atoms with Crippen LogP contribution in [0.15, 0.2) is 18.2 Å². The van der Waals surface area contributed by atoms with Crippen LogP contribution in [0.2, 0.25) is 10.0 Å². The summed E-state index contributed by atoms with van der Waals surface area (Å²) in [6.45, 7) is 3.34. The van der Waals surface area contributed by atoms with E-state index >= 15 is 0 Å². The van der Waals surface area contributed by atoms with Gasteiger partial charge in [0, 0.05) is 42.6 Å². The van der Waals surface area contributed by atoms with Crippen molar-refractivity contribution in [3.05, 3.63) is 33.8 Å². The number of hydrogen-bond donors (Lipinski definition) is 1. The number of piperazine rings is 1. The van der Waals surface area contributed by atoms with E-state index in [1.165, 1.54) is 0 Å². The van der Waals surface area contributed by atoms with Gasteiger partial charge < -0.3 is 10.2 Å². The lowest BCUT2D eigenvalue weighted by Crippen LogP contribution is -2.46. The van der Waals surface area contributed by atoms with Gasteiger partial charge in [0.05, 0.1) is 0 Å². The largest absolute Gasteiger partial charge is 0.340 e. The fourth-order valence-electron chi connectivity index (χ4n) is 2.05. The molecule has 1 aliphatic heterocycles. The highest BCUT2D eigenvalue weighted by Crippen LogP contribution is 2.22. The number of nitrogens with one attached hydrogen (secondary N) is 1. The highest BCUT2D eigenvalue weighted by atomic mass is 35.5. The van der Waals surface area contributed by atoms with Crippen molar-refractivity contribution in [2.75, 3.05) is 26.2 Å². The Hall–Kier alpha value is -0.770. The topological polar surface area (TPSA) is 32.3 Å². The Morgan fingerprint density at radius 2 is 2.00 bits per heavy atom. The van der Waals surface area contributed by atoms with E-state index in [-0.39, 0.29) is 5.91 Å². The van der Waals surface area contributed by atoms with Crippen LogP contribution in [0.5, 0.6) is 0 Å². The van der Waals surface area contributed by atoms with Crippen LogP contribution >= 0.6 is 23.2 Å². The monoisotopic (exact) mass is 286 g/mol. The minimum atomic E-state index is 0.188. The molecule has 0 atom stereocenters. The lowest BCUT2D eigenvalue weighted by molar-refractivity contribution is -0.131. The predicted molar refractivity (Wildman–Crippen MR) is 74.2 cm³/mol. The zero-order chi connectivity index (χ0) is 13.0. The molecule has 0 bridgehead atoms. The van der Waals surface area contributed by atoms with Gasteiger partial charge in [0.2, 0.25) is 5.91 Å². The van der Waals surface area contributed by atoms with Gasteiger partial charge in [0.15, 0.2) is 0 Å². The van der Waals surface area contributed by atoms with E-state index in [9.17, 15) is 4.79 Å². The first-order chi connectivity index (χ1) is 8.66. The molecule has 0 unspecified atom stereocenters. The van der Waals surface area contributed by atoms with Gasteiger partial charge in [-0.15, -0.1) is 0 Å². The molecule has 0 aliphatic carbocycles. The normalized spacial score (nSPS) is 15.8. The molecule has 0 saturated carbocycles. The number of halogens is 2. The first-order valence-electron chi connectivity index (χ1n) is 6.09. The minimum absolute atomic E-state index is 0.188. The summed E-state index contributed by atoms with van der Waals surface area (Å²) in [5, 5.41) is 4.56. The van der Waals surface area contributed by atoms with Crippen molar-refractivity contribution in [1.82, 2.24) is 10.2 Å². The summed E-state index contributed by atoms with van der Waals surface area (Å²) in [5.41, 5.74) is 0.938. The smallest absolute Gasteiger partial charge is 0.222 e. The molecule has 3 nitrogen and oxygen atoms in total.